The van der Waals surface area contributed by atoms with Gasteiger partial charge in [0.05, 0.1) is 0 Å². The molecule has 1 nitrogen and oxygen atoms in total. The summed E-state index contributed by atoms with van der Waals surface area (Å²) in [6.07, 6.45) is 2.40. The van der Waals surface area contributed by atoms with Gasteiger partial charge in [-0.05, 0) is 49.4 Å². The van der Waals surface area contributed by atoms with E-state index < -0.39 is 0 Å². The van der Waals surface area contributed by atoms with Gasteiger partial charge in [-0.3, -0.25) is 0 Å². The first-order valence-electron chi connectivity index (χ1n) is 6.37. The Morgan fingerprint density at radius 3 is 2.56 bits per heavy atom. The highest BCUT2D eigenvalue weighted by atomic mass is 14.8. The largest absolute Gasteiger partial charge is 0.320 e. The van der Waals surface area contributed by atoms with Crippen molar-refractivity contribution in [3.63, 3.8) is 0 Å². The zero-order valence-electron chi connectivity index (χ0n) is 11.1. The smallest absolute Gasteiger partial charge is 0.00462 e. The number of benzene rings is 1. The van der Waals surface area contributed by atoms with Gasteiger partial charge in [-0.15, -0.1) is 0 Å². The van der Waals surface area contributed by atoms with Crippen molar-refractivity contribution < 1.29 is 0 Å². The first kappa shape index (κ1) is 13.2. The Bertz CT molecular complexity index is 304. The van der Waals surface area contributed by atoms with Crippen molar-refractivity contribution in [1.82, 2.24) is 5.32 Å². The van der Waals surface area contributed by atoms with E-state index in [-0.39, 0.29) is 0 Å². The minimum absolute atomic E-state index is 0.652. The molecule has 1 N–H and O–H groups in total. The second-order valence-electron chi connectivity index (χ2n) is 5.14. The van der Waals surface area contributed by atoms with Crippen LogP contribution >= 0.6 is 0 Å². The lowest BCUT2D eigenvalue weighted by Crippen LogP contribution is -2.10. The third-order valence-electron chi connectivity index (χ3n) is 2.99. The first-order chi connectivity index (χ1) is 7.63. The lowest BCUT2D eigenvalue weighted by molar-refractivity contribution is 0.628. The van der Waals surface area contributed by atoms with Crippen LogP contribution in [0.5, 0.6) is 0 Å². The van der Waals surface area contributed by atoms with E-state index in [1.165, 1.54) is 24.0 Å². The third-order valence-corrected chi connectivity index (χ3v) is 2.99. The molecule has 0 aliphatic heterocycles. The van der Waals surface area contributed by atoms with Crippen molar-refractivity contribution >= 4 is 0 Å². The average molecular weight is 219 g/mol. The van der Waals surface area contributed by atoms with Crippen molar-refractivity contribution in [3.8, 4) is 0 Å². The third kappa shape index (κ3) is 4.36. The van der Waals surface area contributed by atoms with Gasteiger partial charge in [-0.2, -0.15) is 0 Å². The predicted molar refractivity (Wildman–Crippen MR) is 71.9 cm³/mol. The number of hydrogen-bond acceptors (Lipinski definition) is 1. The summed E-state index contributed by atoms with van der Waals surface area (Å²) in [5.41, 5.74) is 2.96. The molecule has 0 aromatic heterocycles. The maximum atomic E-state index is 3.22. The highest BCUT2D eigenvalue weighted by molar-refractivity contribution is 5.26. The molecule has 0 amide bonds. The molecule has 90 valence electrons. The molecular formula is C15H25N. The van der Waals surface area contributed by atoms with Gasteiger partial charge in [0.15, 0.2) is 0 Å². The maximum Gasteiger partial charge on any atom is -0.00462 e. The minimum Gasteiger partial charge on any atom is -0.320 e. The Balaban J connectivity index is 2.65. The van der Waals surface area contributed by atoms with E-state index in [0.29, 0.717) is 5.92 Å². The summed E-state index contributed by atoms with van der Waals surface area (Å²) < 4.78 is 0. The minimum atomic E-state index is 0.652. The molecule has 0 heterocycles. The maximum absolute atomic E-state index is 3.22. The summed E-state index contributed by atoms with van der Waals surface area (Å²) in [6.45, 7) is 7.95. The van der Waals surface area contributed by atoms with E-state index >= 15 is 0 Å². The van der Waals surface area contributed by atoms with Crippen LogP contribution in [0.25, 0.3) is 0 Å². The topological polar surface area (TPSA) is 12.0 Å². The summed E-state index contributed by atoms with van der Waals surface area (Å²) >= 11 is 0. The van der Waals surface area contributed by atoms with Crippen LogP contribution in [-0.2, 0) is 6.42 Å². The molecule has 0 spiro atoms. The fourth-order valence-electron chi connectivity index (χ4n) is 2.03. The predicted octanol–water partition coefficient (Wildman–Crippen LogP) is 3.60. The molecule has 1 aromatic carbocycles. The van der Waals surface area contributed by atoms with Crippen LogP contribution in [-0.4, -0.2) is 13.6 Å². The van der Waals surface area contributed by atoms with E-state index in [4.69, 9.17) is 0 Å². The van der Waals surface area contributed by atoms with Crippen LogP contribution in [0.1, 0.15) is 44.2 Å². The highest BCUT2D eigenvalue weighted by Crippen LogP contribution is 2.20. The van der Waals surface area contributed by atoms with Crippen LogP contribution < -0.4 is 5.32 Å². The monoisotopic (exact) mass is 219 g/mol. The number of nitrogens with one attached hydrogen (secondary N) is 1. The summed E-state index contributed by atoms with van der Waals surface area (Å²) in [6, 6.07) is 9.07. The van der Waals surface area contributed by atoms with Gasteiger partial charge < -0.3 is 5.32 Å². The highest BCUT2D eigenvalue weighted by Gasteiger charge is 2.06. The van der Waals surface area contributed by atoms with Crippen LogP contribution in [0, 0.1) is 5.92 Å². The molecule has 1 atom stereocenters. The molecule has 0 saturated carbocycles. The summed E-state index contributed by atoms with van der Waals surface area (Å²) in [5, 5.41) is 3.22. The second kappa shape index (κ2) is 6.70. The van der Waals surface area contributed by atoms with E-state index in [9.17, 15) is 0 Å². The number of hydrogen-bond donors (Lipinski definition) is 1. The quantitative estimate of drug-likeness (QED) is 0.771. The van der Waals surface area contributed by atoms with Crippen LogP contribution in [0.4, 0.5) is 0 Å². The van der Waals surface area contributed by atoms with Gasteiger partial charge in [-0.1, -0.05) is 45.0 Å². The molecule has 1 heteroatoms. The molecule has 0 aliphatic rings. The Labute approximate surface area is 100 Å². The van der Waals surface area contributed by atoms with E-state index in [1.807, 2.05) is 7.05 Å². The van der Waals surface area contributed by atoms with Crippen LogP contribution in [0.2, 0.25) is 0 Å². The molecule has 0 radical (unpaired) electrons. The molecule has 1 unspecified atom stereocenters. The van der Waals surface area contributed by atoms with Gasteiger partial charge in [0.25, 0.3) is 0 Å². The molecule has 0 saturated heterocycles. The Morgan fingerprint density at radius 1 is 1.19 bits per heavy atom. The lowest BCUT2D eigenvalue weighted by atomic mass is 9.93. The molecule has 0 aliphatic carbocycles. The first-order valence-corrected chi connectivity index (χ1v) is 6.37. The number of rotatable bonds is 6. The molecule has 1 aromatic rings. The van der Waals surface area contributed by atoms with Gasteiger partial charge in [-0.25, -0.2) is 0 Å². The molecule has 1 rings (SSSR count). The standard InChI is InChI=1S/C15H25N/c1-12(2)10-14-6-5-7-15(11-14)13(3)8-9-16-4/h5-7,11-13,16H,8-10H2,1-4H3. The van der Waals surface area contributed by atoms with Crippen LogP contribution in [0.3, 0.4) is 0 Å². The van der Waals surface area contributed by atoms with Crippen molar-refractivity contribution in [2.45, 2.75) is 39.5 Å². The van der Waals surface area contributed by atoms with Crippen molar-refractivity contribution in [3.05, 3.63) is 35.4 Å². The molecule has 0 fully saturated rings. The lowest BCUT2D eigenvalue weighted by Gasteiger charge is -2.13. The SMILES string of the molecule is CNCCC(C)c1cccc(CC(C)C)c1. The molecule has 16 heavy (non-hydrogen) atoms. The van der Waals surface area contributed by atoms with Gasteiger partial charge in [0, 0.05) is 0 Å². The normalized spacial score (nSPS) is 13.1. The summed E-state index contributed by atoms with van der Waals surface area (Å²) in [7, 11) is 2.02. The average Bonchev–Trinajstić information content (AvgIpc) is 2.25. The second-order valence-corrected chi connectivity index (χ2v) is 5.14. The van der Waals surface area contributed by atoms with Gasteiger partial charge in [0.1, 0.15) is 0 Å². The summed E-state index contributed by atoms with van der Waals surface area (Å²) in [5.74, 6) is 1.39. The Morgan fingerprint density at radius 2 is 1.94 bits per heavy atom. The van der Waals surface area contributed by atoms with E-state index in [0.717, 1.165) is 12.5 Å². The summed E-state index contributed by atoms with van der Waals surface area (Å²) in [4.78, 5) is 0. The van der Waals surface area contributed by atoms with Crippen molar-refractivity contribution in [2.24, 2.45) is 5.92 Å². The zero-order chi connectivity index (χ0) is 12.0. The molecule has 0 bridgehead atoms. The van der Waals surface area contributed by atoms with Gasteiger partial charge >= 0.3 is 0 Å². The zero-order valence-corrected chi connectivity index (χ0v) is 11.1. The van der Waals surface area contributed by atoms with Crippen molar-refractivity contribution in [2.75, 3.05) is 13.6 Å². The van der Waals surface area contributed by atoms with Crippen molar-refractivity contribution in [1.29, 1.82) is 0 Å². The fraction of sp³-hybridized carbons (Fsp3) is 0.600. The van der Waals surface area contributed by atoms with E-state index in [2.05, 4.69) is 50.4 Å². The fourth-order valence-corrected chi connectivity index (χ4v) is 2.03. The van der Waals surface area contributed by atoms with Gasteiger partial charge in [0.2, 0.25) is 0 Å². The van der Waals surface area contributed by atoms with E-state index in [1.54, 1.807) is 0 Å². The molecular weight excluding hydrogens is 194 g/mol. The Kier molecular flexibility index (Phi) is 5.54. The Hall–Kier alpha value is -0.820. The van der Waals surface area contributed by atoms with Crippen LogP contribution in [0.15, 0.2) is 24.3 Å².